The largest absolute Gasteiger partial charge is 0.485 e. The van der Waals surface area contributed by atoms with E-state index in [1.54, 1.807) is 6.07 Å². The van der Waals surface area contributed by atoms with Crippen LogP contribution in [0.1, 0.15) is 6.42 Å². The Bertz CT molecular complexity index is 522. The van der Waals surface area contributed by atoms with Crippen LogP contribution in [-0.2, 0) is 0 Å². The van der Waals surface area contributed by atoms with Gasteiger partial charge in [0.15, 0.2) is 0 Å². The lowest BCUT2D eigenvalue weighted by Gasteiger charge is -2.30. The molecule has 0 radical (unpaired) electrons. The van der Waals surface area contributed by atoms with Crippen LogP contribution in [0.3, 0.4) is 0 Å². The van der Waals surface area contributed by atoms with E-state index >= 15 is 0 Å². The van der Waals surface area contributed by atoms with E-state index in [2.05, 4.69) is 10.2 Å². The van der Waals surface area contributed by atoms with Crippen LogP contribution in [0.5, 0.6) is 5.75 Å². The molecule has 20 heavy (non-hydrogen) atoms. The predicted octanol–water partition coefficient (Wildman–Crippen LogP) is 0.834. The van der Waals surface area contributed by atoms with Crippen LogP contribution < -0.4 is 10.1 Å². The second kappa shape index (κ2) is 5.26. The molecule has 2 atom stereocenters. The van der Waals surface area contributed by atoms with E-state index in [0.717, 1.165) is 19.5 Å². The van der Waals surface area contributed by atoms with Gasteiger partial charge in [0.2, 0.25) is 0 Å². The lowest BCUT2D eigenvalue weighted by molar-refractivity contribution is -0.384. The minimum Gasteiger partial charge on any atom is -0.485 e. The molecule has 0 saturated carbocycles. The van der Waals surface area contributed by atoms with Crippen molar-refractivity contribution in [3.63, 3.8) is 0 Å². The fourth-order valence-electron chi connectivity index (χ4n) is 2.69. The lowest BCUT2D eigenvalue weighted by atomic mass is 10.2. The number of nitro benzene ring substituents is 1. The third-order valence-electron chi connectivity index (χ3n) is 3.70. The van der Waals surface area contributed by atoms with Crippen LogP contribution in [0.4, 0.5) is 11.4 Å². The summed E-state index contributed by atoms with van der Waals surface area (Å²) >= 11 is 0. The molecule has 2 aliphatic heterocycles. The summed E-state index contributed by atoms with van der Waals surface area (Å²) in [4.78, 5) is 12.5. The average molecular weight is 279 g/mol. The van der Waals surface area contributed by atoms with Crippen molar-refractivity contribution >= 4 is 11.4 Å². The van der Waals surface area contributed by atoms with Crippen LogP contribution in [-0.4, -0.2) is 53.3 Å². The topological polar surface area (TPSA) is 87.9 Å². The number of nitrogens with one attached hydrogen (secondary N) is 1. The Kier molecular flexibility index (Phi) is 3.45. The second-order valence-corrected chi connectivity index (χ2v) is 5.26. The van der Waals surface area contributed by atoms with Crippen molar-refractivity contribution in [1.29, 1.82) is 0 Å². The first kappa shape index (κ1) is 13.1. The number of nitrogens with zero attached hydrogens (tertiary/aromatic N) is 2. The summed E-state index contributed by atoms with van der Waals surface area (Å²) in [5, 5.41) is 23.4. The summed E-state index contributed by atoms with van der Waals surface area (Å²) in [6.45, 7) is 2.93. The number of β-amino-alcohol motifs (C(OH)–C–C–N with tert-alkyl or cyclic N) is 1. The molecule has 0 amide bonds. The van der Waals surface area contributed by atoms with Gasteiger partial charge in [-0.25, -0.2) is 0 Å². The number of aliphatic hydroxyl groups is 1. The molecule has 0 aliphatic carbocycles. The molecule has 2 aliphatic rings. The van der Waals surface area contributed by atoms with E-state index in [1.807, 2.05) is 0 Å². The minimum atomic E-state index is -0.417. The van der Waals surface area contributed by atoms with Gasteiger partial charge in [0, 0.05) is 31.8 Å². The Morgan fingerprint density at radius 1 is 1.55 bits per heavy atom. The Morgan fingerprint density at radius 2 is 2.40 bits per heavy atom. The van der Waals surface area contributed by atoms with Crippen molar-refractivity contribution in [2.45, 2.75) is 18.6 Å². The monoisotopic (exact) mass is 279 g/mol. The van der Waals surface area contributed by atoms with Gasteiger partial charge in [-0.2, -0.15) is 0 Å². The maximum atomic E-state index is 10.7. The van der Waals surface area contributed by atoms with E-state index in [0.29, 0.717) is 24.5 Å². The molecular weight excluding hydrogens is 262 g/mol. The van der Waals surface area contributed by atoms with Gasteiger partial charge in [-0.3, -0.25) is 15.0 Å². The minimum absolute atomic E-state index is 0.00532. The molecule has 1 saturated heterocycles. The first-order valence-electron chi connectivity index (χ1n) is 6.71. The zero-order valence-corrected chi connectivity index (χ0v) is 11.0. The van der Waals surface area contributed by atoms with E-state index in [-0.39, 0.29) is 17.9 Å². The summed E-state index contributed by atoms with van der Waals surface area (Å²) in [6.07, 6.45) is 0.568. The van der Waals surface area contributed by atoms with Crippen LogP contribution >= 0.6 is 0 Å². The Morgan fingerprint density at radius 3 is 3.10 bits per heavy atom. The maximum Gasteiger partial charge on any atom is 0.271 e. The molecular formula is C13H17N3O4. The summed E-state index contributed by atoms with van der Waals surface area (Å²) in [5.74, 6) is 0.645. The Labute approximate surface area is 116 Å². The van der Waals surface area contributed by atoms with E-state index in [9.17, 15) is 15.2 Å². The highest BCUT2D eigenvalue weighted by molar-refractivity contribution is 5.62. The Balaban J connectivity index is 1.65. The van der Waals surface area contributed by atoms with Gasteiger partial charge in [-0.1, -0.05) is 0 Å². The van der Waals surface area contributed by atoms with Gasteiger partial charge >= 0.3 is 0 Å². The van der Waals surface area contributed by atoms with Gasteiger partial charge in [0.1, 0.15) is 11.9 Å². The van der Waals surface area contributed by atoms with Gasteiger partial charge in [0.25, 0.3) is 5.69 Å². The molecule has 0 aromatic heterocycles. The molecule has 0 bridgehead atoms. The first-order valence-corrected chi connectivity index (χ1v) is 6.71. The number of non-ortho nitro benzene ring substituents is 1. The Hall–Kier alpha value is -1.86. The molecule has 1 aromatic rings. The SMILES string of the molecule is O=[N+]([O-])c1ccc2c(c1)NCC(CN1CC[C@@H](O)C1)O2. The number of anilines is 1. The number of fused-ring (bicyclic) bond motifs is 1. The van der Waals surface area contributed by atoms with Crippen molar-refractivity contribution in [1.82, 2.24) is 4.90 Å². The van der Waals surface area contributed by atoms with Gasteiger partial charge in [-0.05, 0) is 12.5 Å². The van der Waals surface area contributed by atoms with Crippen molar-refractivity contribution in [3.05, 3.63) is 28.3 Å². The molecule has 1 fully saturated rings. The second-order valence-electron chi connectivity index (χ2n) is 5.26. The quantitative estimate of drug-likeness (QED) is 0.629. The smallest absolute Gasteiger partial charge is 0.271 e. The first-order chi connectivity index (χ1) is 9.61. The van der Waals surface area contributed by atoms with Gasteiger partial charge in [-0.15, -0.1) is 0 Å². The number of benzene rings is 1. The third kappa shape index (κ3) is 2.68. The average Bonchev–Trinajstić information content (AvgIpc) is 2.83. The molecule has 2 N–H and O–H groups in total. The van der Waals surface area contributed by atoms with E-state index < -0.39 is 4.92 Å². The highest BCUT2D eigenvalue weighted by Crippen LogP contribution is 2.32. The zero-order chi connectivity index (χ0) is 14.1. The highest BCUT2D eigenvalue weighted by Gasteiger charge is 2.27. The molecule has 108 valence electrons. The van der Waals surface area contributed by atoms with Crippen LogP contribution in [0, 0.1) is 10.1 Å². The van der Waals surface area contributed by atoms with Crippen molar-refractivity contribution < 1.29 is 14.8 Å². The normalized spacial score (nSPS) is 25.6. The molecule has 3 rings (SSSR count). The lowest BCUT2D eigenvalue weighted by Crippen LogP contribution is -2.41. The summed E-state index contributed by atoms with van der Waals surface area (Å²) < 4.78 is 5.86. The molecule has 1 unspecified atom stereocenters. The number of likely N-dealkylation sites (tertiary alicyclic amines) is 1. The van der Waals surface area contributed by atoms with Gasteiger partial charge < -0.3 is 15.2 Å². The van der Waals surface area contributed by atoms with E-state index in [1.165, 1.54) is 12.1 Å². The predicted molar refractivity (Wildman–Crippen MR) is 73.1 cm³/mol. The van der Waals surface area contributed by atoms with Crippen molar-refractivity contribution in [2.24, 2.45) is 0 Å². The van der Waals surface area contributed by atoms with Crippen LogP contribution in [0.2, 0.25) is 0 Å². The number of hydrogen-bond acceptors (Lipinski definition) is 6. The maximum absolute atomic E-state index is 10.7. The molecule has 0 spiro atoms. The number of nitro groups is 1. The number of hydrogen-bond donors (Lipinski definition) is 2. The molecule has 2 heterocycles. The highest BCUT2D eigenvalue weighted by atomic mass is 16.6. The van der Waals surface area contributed by atoms with Crippen LogP contribution in [0.15, 0.2) is 18.2 Å². The number of aliphatic hydroxyl groups excluding tert-OH is 1. The third-order valence-corrected chi connectivity index (χ3v) is 3.70. The fraction of sp³-hybridized carbons (Fsp3) is 0.538. The molecule has 1 aromatic carbocycles. The van der Waals surface area contributed by atoms with Gasteiger partial charge in [0.05, 0.1) is 23.3 Å². The standard InChI is InChI=1S/C13H17N3O4/c17-10-3-4-15(7-10)8-11-6-14-12-5-9(16(18)19)1-2-13(12)20-11/h1-2,5,10-11,14,17H,3-4,6-8H2/t10-,11?/m1/s1. The summed E-state index contributed by atoms with van der Waals surface area (Å²) in [5.41, 5.74) is 0.720. The number of ether oxygens (including phenoxy) is 1. The van der Waals surface area contributed by atoms with Crippen molar-refractivity contribution in [2.75, 3.05) is 31.5 Å². The van der Waals surface area contributed by atoms with E-state index in [4.69, 9.17) is 4.74 Å². The summed E-state index contributed by atoms with van der Waals surface area (Å²) in [7, 11) is 0. The molecule has 7 nitrogen and oxygen atoms in total. The molecule has 7 heteroatoms. The fourth-order valence-corrected chi connectivity index (χ4v) is 2.69. The van der Waals surface area contributed by atoms with Crippen molar-refractivity contribution in [3.8, 4) is 5.75 Å². The zero-order valence-electron chi connectivity index (χ0n) is 11.0. The number of rotatable bonds is 3. The summed E-state index contributed by atoms with van der Waals surface area (Å²) in [6, 6.07) is 4.57. The van der Waals surface area contributed by atoms with Crippen LogP contribution in [0.25, 0.3) is 0 Å².